The number of nitrogens with zero attached hydrogens (tertiary/aromatic N) is 1. The third-order valence-corrected chi connectivity index (χ3v) is 5.73. The molecular formula is C21H33N3O. The second kappa shape index (κ2) is 8.33. The van der Waals surface area contributed by atoms with Gasteiger partial charge < -0.3 is 11.1 Å². The second-order valence-electron chi connectivity index (χ2n) is 8.13. The molecule has 0 radical (unpaired) electrons. The summed E-state index contributed by atoms with van der Waals surface area (Å²) in [5.41, 5.74) is 7.43. The van der Waals surface area contributed by atoms with Crippen molar-refractivity contribution in [3.8, 4) is 0 Å². The number of rotatable bonds is 7. The molecule has 25 heavy (non-hydrogen) atoms. The minimum Gasteiger partial charge on any atom is -0.350 e. The third-order valence-electron chi connectivity index (χ3n) is 5.73. The zero-order valence-corrected chi connectivity index (χ0v) is 15.7. The molecule has 0 bridgehead atoms. The van der Waals surface area contributed by atoms with E-state index >= 15 is 0 Å². The number of benzene rings is 1. The fourth-order valence-electron chi connectivity index (χ4n) is 3.98. The van der Waals surface area contributed by atoms with E-state index in [0.717, 1.165) is 13.0 Å². The number of carbonyl (C=O) groups is 1. The quantitative estimate of drug-likeness (QED) is 0.800. The zero-order valence-electron chi connectivity index (χ0n) is 15.7. The first kappa shape index (κ1) is 18.4. The number of hydrogen-bond acceptors (Lipinski definition) is 3. The molecule has 2 aliphatic carbocycles. The Morgan fingerprint density at radius 3 is 2.48 bits per heavy atom. The lowest BCUT2D eigenvalue weighted by molar-refractivity contribution is -0.124. The van der Waals surface area contributed by atoms with E-state index in [1.165, 1.54) is 37.7 Å². The summed E-state index contributed by atoms with van der Waals surface area (Å²) < 4.78 is 0. The van der Waals surface area contributed by atoms with Gasteiger partial charge in [0.25, 0.3) is 0 Å². The smallest absolute Gasteiger partial charge is 0.237 e. The Labute approximate surface area is 152 Å². The molecule has 2 fully saturated rings. The van der Waals surface area contributed by atoms with Gasteiger partial charge >= 0.3 is 0 Å². The van der Waals surface area contributed by atoms with Gasteiger partial charge in [-0.2, -0.15) is 0 Å². The van der Waals surface area contributed by atoms with Gasteiger partial charge in [-0.15, -0.1) is 0 Å². The van der Waals surface area contributed by atoms with E-state index in [1.54, 1.807) is 0 Å². The number of nitrogens with one attached hydrogen (secondary N) is 1. The van der Waals surface area contributed by atoms with Crippen LogP contribution in [0.3, 0.4) is 0 Å². The van der Waals surface area contributed by atoms with Crippen LogP contribution in [-0.2, 0) is 11.3 Å². The van der Waals surface area contributed by atoms with E-state index in [4.69, 9.17) is 5.73 Å². The normalized spacial score (nSPS) is 25.2. The maximum atomic E-state index is 12.5. The Kier molecular flexibility index (Phi) is 6.13. The van der Waals surface area contributed by atoms with Crippen LogP contribution < -0.4 is 11.1 Å². The molecule has 4 nitrogen and oxygen atoms in total. The summed E-state index contributed by atoms with van der Waals surface area (Å²) in [5, 5.41) is 3.29. The standard InChI is InChI=1S/C21H33N3O/c1-15(2)20(22)21(25)23-18-10-6-7-11-19(18)24(17-12-13-17)14-16-8-4-3-5-9-16/h3-5,8-9,15,17-20H,6-7,10-14,22H2,1-2H3,(H,23,25)/t18?,19?,20-/m0/s1. The molecule has 1 aromatic carbocycles. The maximum Gasteiger partial charge on any atom is 0.237 e. The van der Waals surface area contributed by atoms with Crippen molar-refractivity contribution in [2.75, 3.05) is 0 Å². The van der Waals surface area contributed by atoms with Crippen molar-refractivity contribution >= 4 is 5.91 Å². The van der Waals surface area contributed by atoms with Crippen LogP contribution in [0.2, 0.25) is 0 Å². The van der Waals surface area contributed by atoms with Gasteiger partial charge in [0.05, 0.1) is 6.04 Å². The first-order valence-corrected chi connectivity index (χ1v) is 9.92. The largest absolute Gasteiger partial charge is 0.350 e. The van der Waals surface area contributed by atoms with Gasteiger partial charge in [-0.1, -0.05) is 57.0 Å². The van der Waals surface area contributed by atoms with Crippen LogP contribution in [0.25, 0.3) is 0 Å². The molecule has 0 spiro atoms. The van der Waals surface area contributed by atoms with Crippen LogP contribution in [0, 0.1) is 5.92 Å². The summed E-state index contributed by atoms with van der Waals surface area (Å²) in [6.07, 6.45) is 7.27. The van der Waals surface area contributed by atoms with E-state index in [1.807, 2.05) is 13.8 Å². The predicted octanol–water partition coefficient (Wildman–Crippen LogP) is 3.06. The minimum atomic E-state index is -0.411. The first-order valence-electron chi connectivity index (χ1n) is 9.92. The predicted molar refractivity (Wildman–Crippen MR) is 102 cm³/mol. The molecule has 4 heteroatoms. The molecule has 3 N–H and O–H groups in total. The van der Waals surface area contributed by atoms with Gasteiger partial charge in [0, 0.05) is 24.7 Å². The Balaban J connectivity index is 1.70. The van der Waals surface area contributed by atoms with Crippen LogP contribution in [-0.4, -0.2) is 35.0 Å². The second-order valence-corrected chi connectivity index (χ2v) is 8.13. The average molecular weight is 344 g/mol. The Hall–Kier alpha value is -1.39. The molecule has 138 valence electrons. The summed E-state index contributed by atoms with van der Waals surface area (Å²) in [4.78, 5) is 15.2. The molecule has 1 aromatic rings. The van der Waals surface area contributed by atoms with Gasteiger partial charge in [-0.25, -0.2) is 0 Å². The highest BCUT2D eigenvalue weighted by molar-refractivity contribution is 5.82. The highest BCUT2D eigenvalue weighted by Crippen LogP contribution is 2.35. The highest BCUT2D eigenvalue weighted by Gasteiger charge is 2.39. The van der Waals surface area contributed by atoms with Gasteiger partial charge in [-0.3, -0.25) is 9.69 Å². The third kappa shape index (κ3) is 4.83. The summed E-state index contributed by atoms with van der Waals surface area (Å²) in [6.45, 7) is 5.00. The van der Waals surface area contributed by atoms with Crippen LogP contribution in [0.4, 0.5) is 0 Å². The SMILES string of the molecule is CC(C)[C@H](N)C(=O)NC1CCCCC1N(Cc1ccccc1)C1CC1. The average Bonchev–Trinajstić information content (AvgIpc) is 3.45. The Morgan fingerprint density at radius 1 is 1.16 bits per heavy atom. The molecular weight excluding hydrogens is 310 g/mol. The van der Waals surface area contributed by atoms with Crippen LogP contribution in [0.15, 0.2) is 30.3 Å². The van der Waals surface area contributed by atoms with Gasteiger partial charge in [0.15, 0.2) is 0 Å². The van der Waals surface area contributed by atoms with E-state index in [2.05, 4.69) is 40.5 Å². The van der Waals surface area contributed by atoms with Crippen molar-refractivity contribution in [1.29, 1.82) is 0 Å². The monoisotopic (exact) mass is 343 g/mol. The van der Waals surface area contributed by atoms with Crippen LogP contribution >= 0.6 is 0 Å². The fraction of sp³-hybridized carbons (Fsp3) is 0.667. The van der Waals surface area contributed by atoms with Crippen molar-refractivity contribution in [1.82, 2.24) is 10.2 Å². The van der Waals surface area contributed by atoms with E-state index in [0.29, 0.717) is 12.1 Å². The molecule has 2 saturated carbocycles. The Bertz CT molecular complexity index is 556. The van der Waals surface area contributed by atoms with Crippen molar-refractivity contribution in [3.05, 3.63) is 35.9 Å². The van der Waals surface area contributed by atoms with Gasteiger partial charge in [-0.05, 0) is 37.2 Å². The molecule has 2 unspecified atom stereocenters. The van der Waals surface area contributed by atoms with Crippen molar-refractivity contribution in [2.45, 2.75) is 83.1 Å². The van der Waals surface area contributed by atoms with Gasteiger partial charge in [0.2, 0.25) is 5.91 Å². The summed E-state index contributed by atoms with van der Waals surface area (Å²) in [5.74, 6) is 0.188. The molecule has 1 amide bonds. The number of hydrogen-bond donors (Lipinski definition) is 2. The van der Waals surface area contributed by atoms with Crippen molar-refractivity contribution < 1.29 is 4.79 Å². The van der Waals surface area contributed by atoms with E-state index < -0.39 is 6.04 Å². The van der Waals surface area contributed by atoms with Gasteiger partial charge in [0.1, 0.15) is 0 Å². The lowest BCUT2D eigenvalue weighted by atomic mass is 9.88. The minimum absolute atomic E-state index is 0.0161. The fourth-order valence-corrected chi connectivity index (χ4v) is 3.98. The maximum absolute atomic E-state index is 12.5. The number of carbonyl (C=O) groups excluding carboxylic acids is 1. The lowest BCUT2D eigenvalue weighted by Crippen LogP contribution is -2.57. The molecule has 0 aromatic heterocycles. The molecule has 0 aliphatic heterocycles. The molecule has 3 atom stereocenters. The first-order chi connectivity index (χ1) is 12.1. The van der Waals surface area contributed by atoms with Crippen LogP contribution in [0.1, 0.15) is 57.9 Å². The zero-order chi connectivity index (χ0) is 17.8. The summed E-state index contributed by atoms with van der Waals surface area (Å²) >= 11 is 0. The Morgan fingerprint density at radius 2 is 1.84 bits per heavy atom. The highest BCUT2D eigenvalue weighted by atomic mass is 16.2. The molecule has 2 aliphatic rings. The molecule has 3 rings (SSSR count). The van der Waals surface area contributed by atoms with Crippen molar-refractivity contribution in [3.63, 3.8) is 0 Å². The molecule has 0 saturated heterocycles. The number of amides is 1. The topological polar surface area (TPSA) is 58.4 Å². The summed E-state index contributed by atoms with van der Waals surface area (Å²) in [6, 6.07) is 11.7. The van der Waals surface area contributed by atoms with Crippen LogP contribution in [0.5, 0.6) is 0 Å². The number of nitrogens with two attached hydrogens (primary N) is 1. The lowest BCUT2D eigenvalue weighted by Gasteiger charge is -2.41. The molecule has 0 heterocycles. The van der Waals surface area contributed by atoms with E-state index in [-0.39, 0.29) is 17.9 Å². The summed E-state index contributed by atoms with van der Waals surface area (Å²) in [7, 11) is 0. The van der Waals surface area contributed by atoms with E-state index in [9.17, 15) is 4.79 Å². The van der Waals surface area contributed by atoms with Crippen molar-refractivity contribution in [2.24, 2.45) is 11.7 Å².